The van der Waals surface area contributed by atoms with Crippen LogP contribution in [0.2, 0.25) is 0 Å². The number of esters is 1. The van der Waals surface area contributed by atoms with Gasteiger partial charge in [0, 0.05) is 17.7 Å². The Bertz CT molecular complexity index is 1050. The van der Waals surface area contributed by atoms with Gasteiger partial charge in [-0.1, -0.05) is 60.7 Å². The van der Waals surface area contributed by atoms with Crippen LogP contribution in [0, 0.1) is 0 Å². The van der Waals surface area contributed by atoms with E-state index in [9.17, 15) is 14.4 Å². The van der Waals surface area contributed by atoms with Gasteiger partial charge >= 0.3 is 5.97 Å². The van der Waals surface area contributed by atoms with Crippen molar-refractivity contribution in [3.05, 3.63) is 101 Å². The van der Waals surface area contributed by atoms with Gasteiger partial charge in [0.25, 0.3) is 5.91 Å². The van der Waals surface area contributed by atoms with Gasteiger partial charge in [-0.05, 0) is 30.2 Å². The molecule has 3 aromatic rings. The molecule has 31 heavy (non-hydrogen) atoms. The Labute approximate surface area is 180 Å². The fraction of sp³-hybridized carbons (Fsp3) is 0.160. The molecule has 0 spiro atoms. The second-order valence-electron chi connectivity index (χ2n) is 6.76. The molecule has 0 heterocycles. The van der Waals surface area contributed by atoms with Crippen molar-refractivity contribution in [2.45, 2.75) is 6.42 Å². The number of para-hydroxylation sites is 1. The molecule has 1 amide bonds. The molecule has 6 heteroatoms. The molecule has 0 aliphatic carbocycles. The molecule has 6 nitrogen and oxygen atoms in total. The summed E-state index contributed by atoms with van der Waals surface area (Å²) < 4.78 is 10.3. The maximum Gasteiger partial charge on any atom is 0.338 e. The van der Waals surface area contributed by atoms with E-state index in [0.29, 0.717) is 24.1 Å². The standard InChI is InChI=1S/C25H23NO5/c1-30-22-10-6-5-7-18(22)15-16-26-23(27)17-31-25(29)21-13-11-20(12-14-21)24(28)19-8-3-2-4-9-19/h2-14H,15-17H2,1H3,(H,26,27). The fourth-order valence-electron chi connectivity index (χ4n) is 3.03. The third kappa shape index (κ3) is 6.02. The van der Waals surface area contributed by atoms with Crippen molar-refractivity contribution in [2.75, 3.05) is 20.3 Å². The zero-order valence-electron chi connectivity index (χ0n) is 17.2. The quantitative estimate of drug-likeness (QED) is 0.426. The first kappa shape index (κ1) is 21.8. The molecule has 0 bridgehead atoms. The highest BCUT2D eigenvalue weighted by Crippen LogP contribution is 2.17. The van der Waals surface area contributed by atoms with Gasteiger partial charge in [0.15, 0.2) is 12.4 Å². The molecular formula is C25H23NO5. The van der Waals surface area contributed by atoms with E-state index in [1.807, 2.05) is 30.3 Å². The normalized spacial score (nSPS) is 10.2. The SMILES string of the molecule is COc1ccccc1CCNC(=O)COC(=O)c1ccc(C(=O)c2ccccc2)cc1. The van der Waals surface area contributed by atoms with Gasteiger partial charge in [0.2, 0.25) is 0 Å². The summed E-state index contributed by atoms with van der Waals surface area (Å²) in [7, 11) is 1.60. The number of benzene rings is 3. The fourth-order valence-corrected chi connectivity index (χ4v) is 3.03. The zero-order valence-corrected chi connectivity index (χ0v) is 17.2. The Kier molecular flexibility index (Phi) is 7.54. The van der Waals surface area contributed by atoms with E-state index in [4.69, 9.17) is 9.47 Å². The summed E-state index contributed by atoms with van der Waals surface area (Å²) in [5.74, 6) is -0.384. The van der Waals surface area contributed by atoms with Crippen LogP contribution in [0.4, 0.5) is 0 Å². The third-order valence-electron chi connectivity index (χ3n) is 4.66. The molecule has 0 saturated heterocycles. The van der Waals surface area contributed by atoms with Gasteiger partial charge in [-0.3, -0.25) is 9.59 Å². The number of carbonyl (C=O) groups is 3. The molecule has 0 fully saturated rings. The molecule has 3 aromatic carbocycles. The Morgan fingerprint density at radius 2 is 1.39 bits per heavy atom. The van der Waals surface area contributed by atoms with Gasteiger partial charge in [0.1, 0.15) is 5.75 Å². The lowest BCUT2D eigenvalue weighted by atomic mass is 10.0. The van der Waals surface area contributed by atoms with Crippen molar-refractivity contribution >= 4 is 17.7 Å². The number of ether oxygens (including phenoxy) is 2. The Morgan fingerprint density at radius 1 is 0.774 bits per heavy atom. The molecule has 1 N–H and O–H groups in total. The van der Waals surface area contributed by atoms with E-state index in [-0.39, 0.29) is 23.9 Å². The van der Waals surface area contributed by atoms with E-state index in [2.05, 4.69) is 5.32 Å². The Hall–Kier alpha value is -3.93. The summed E-state index contributed by atoms with van der Waals surface area (Å²) in [5.41, 5.74) is 2.29. The van der Waals surface area contributed by atoms with Crippen molar-refractivity contribution in [1.82, 2.24) is 5.32 Å². The molecule has 0 unspecified atom stereocenters. The third-order valence-corrected chi connectivity index (χ3v) is 4.66. The summed E-state index contributed by atoms with van der Waals surface area (Å²) >= 11 is 0. The topological polar surface area (TPSA) is 81.7 Å². The Balaban J connectivity index is 1.45. The number of hydrogen-bond acceptors (Lipinski definition) is 5. The second-order valence-corrected chi connectivity index (χ2v) is 6.76. The van der Waals surface area contributed by atoms with E-state index >= 15 is 0 Å². The smallest absolute Gasteiger partial charge is 0.338 e. The number of ketones is 1. The molecule has 0 aromatic heterocycles. The van der Waals surface area contributed by atoms with Gasteiger partial charge in [-0.15, -0.1) is 0 Å². The maximum atomic E-state index is 12.4. The zero-order chi connectivity index (χ0) is 22.1. The maximum absolute atomic E-state index is 12.4. The number of hydrogen-bond donors (Lipinski definition) is 1. The van der Waals surface area contributed by atoms with Crippen molar-refractivity contribution in [1.29, 1.82) is 0 Å². The monoisotopic (exact) mass is 417 g/mol. The van der Waals surface area contributed by atoms with Crippen molar-refractivity contribution in [3.63, 3.8) is 0 Å². The molecule has 0 radical (unpaired) electrons. The van der Waals surface area contributed by atoms with Crippen LogP contribution in [0.1, 0.15) is 31.8 Å². The summed E-state index contributed by atoms with van der Waals surface area (Å²) in [6.07, 6.45) is 0.598. The number of nitrogens with one attached hydrogen (secondary N) is 1. The van der Waals surface area contributed by atoms with Crippen molar-refractivity contribution in [2.24, 2.45) is 0 Å². The molecule has 0 aliphatic heterocycles. The summed E-state index contributed by atoms with van der Waals surface area (Å²) in [5, 5.41) is 2.72. The van der Waals surface area contributed by atoms with E-state index in [1.54, 1.807) is 43.5 Å². The van der Waals surface area contributed by atoms with E-state index < -0.39 is 5.97 Å². The van der Waals surface area contributed by atoms with Crippen LogP contribution in [0.5, 0.6) is 5.75 Å². The van der Waals surface area contributed by atoms with Crippen LogP contribution in [0.25, 0.3) is 0 Å². The highest BCUT2D eigenvalue weighted by molar-refractivity contribution is 6.09. The second kappa shape index (κ2) is 10.7. The average molecular weight is 417 g/mol. The molecule has 158 valence electrons. The number of rotatable bonds is 9. The summed E-state index contributed by atoms with van der Waals surface area (Å²) in [6.45, 7) is 0.0164. The molecule has 3 rings (SSSR count). The largest absolute Gasteiger partial charge is 0.496 e. The van der Waals surface area contributed by atoms with Crippen LogP contribution in [0.3, 0.4) is 0 Å². The van der Waals surface area contributed by atoms with Crippen LogP contribution in [-0.2, 0) is 16.0 Å². The number of carbonyl (C=O) groups excluding carboxylic acids is 3. The lowest BCUT2D eigenvalue weighted by molar-refractivity contribution is -0.124. The van der Waals surface area contributed by atoms with Crippen LogP contribution in [-0.4, -0.2) is 37.9 Å². The minimum Gasteiger partial charge on any atom is -0.496 e. The molecule has 0 aliphatic rings. The summed E-state index contributed by atoms with van der Waals surface area (Å²) in [6, 6.07) is 22.6. The van der Waals surface area contributed by atoms with Crippen molar-refractivity contribution < 1.29 is 23.9 Å². The minimum absolute atomic E-state index is 0.130. The van der Waals surface area contributed by atoms with Gasteiger partial charge < -0.3 is 14.8 Å². The first-order chi connectivity index (χ1) is 15.1. The number of methoxy groups -OCH3 is 1. The van der Waals surface area contributed by atoms with Gasteiger partial charge in [-0.2, -0.15) is 0 Å². The first-order valence-electron chi connectivity index (χ1n) is 9.84. The highest BCUT2D eigenvalue weighted by atomic mass is 16.5. The van der Waals surface area contributed by atoms with Gasteiger partial charge in [0.05, 0.1) is 12.7 Å². The first-order valence-corrected chi connectivity index (χ1v) is 9.84. The summed E-state index contributed by atoms with van der Waals surface area (Å²) in [4.78, 5) is 36.5. The van der Waals surface area contributed by atoms with Crippen LogP contribution in [0.15, 0.2) is 78.9 Å². The average Bonchev–Trinajstić information content (AvgIpc) is 2.83. The van der Waals surface area contributed by atoms with Crippen molar-refractivity contribution in [3.8, 4) is 5.75 Å². The molecular weight excluding hydrogens is 394 g/mol. The van der Waals surface area contributed by atoms with Crippen LogP contribution < -0.4 is 10.1 Å². The lowest BCUT2D eigenvalue weighted by Crippen LogP contribution is -2.30. The molecule has 0 saturated carbocycles. The predicted octanol–water partition coefficient (Wildman–Crippen LogP) is 3.44. The van der Waals surface area contributed by atoms with Gasteiger partial charge in [-0.25, -0.2) is 4.79 Å². The van der Waals surface area contributed by atoms with Crippen LogP contribution >= 0.6 is 0 Å². The van der Waals surface area contributed by atoms with E-state index in [0.717, 1.165) is 11.3 Å². The predicted molar refractivity (Wildman–Crippen MR) is 116 cm³/mol. The van der Waals surface area contributed by atoms with E-state index in [1.165, 1.54) is 12.1 Å². The Morgan fingerprint density at radius 3 is 2.10 bits per heavy atom. The number of amides is 1. The minimum atomic E-state index is -0.626. The highest BCUT2D eigenvalue weighted by Gasteiger charge is 2.13. The molecule has 0 atom stereocenters. The lowest BCUT2D eigenvalue weighted by Gasteiger charge is -2.09.